The maximum Gasteiger partial charge on any atom is 0.436 e. The molecule has 1 amide bonds. The van der Waals surface area contributed by atoms with E-state index in [1.807, 2.05) is 0 Å². The predicted octanol–water partition coefficient (Wildman–Crippen LogP) is 2.73. The number of amides is 1. The van der Waals surface area contributed by atoms with E-state index in [0.717, 1.165) is 4.68 Å². The number of aromatic nitrogens is 2. The number of carbonyl (C=O) groups is 1. The van der Waals surface area contributed by atoms with Crippen molar-refractivity contribution in [3.05, 3.63) is 29.1 Å². The van der Waals surface area contributed by atoms with Crippen LogP contribution in [0, 0.1) is 6.92 Å². The summed E-state index contributed by atoms with van der Waals surface area (Å²) in [5.74, 6) is -0.462. The monoisotopic (exact) mass is 295 g/mol. The van der Waals surface area contributed by atoms with Crippen molar-refractivity contribution in [3.63, 3.8) is 0 Å². The Balaban J connectivity index is 3.08. The number of halogens is 4. The van der Waals surface area contributed by atoms with E-state index in [4.69, 9.17) is 11.6 Å². The summed E-state index contributed by atoms with van der Waals surface area (Å²) < 4.78 is 38.9. The van der Waals surface area contributed by atoms with Crippen LogP contribution in [0.5, 0.6) is 0 Å². The van der Waals surface area contributed by atoms with E-state index in [1.165, 1.54) is 19.9 Å². The van der Waals surface area contributed by atoms with Crippen LogP contribution in [0.15, 0.2) is 12.7 Å². The maximum absolute atomic E-state index is 12.6. The minimum Gasteiger partial charge on any atom is -0.351 e. The number of hydrogen-bond donors (Lipinski definition) is 1. The van der Waals surface area contributed by atoms with Gasteiger partial charge in [0.25, 0.3) is 0 Å². The molecule has 1 aromatic rings. The van der Waals surface area contributed by atoms with Crippen LogP contribution < -0.4 is 5.32 Å². The molecule has 1 heterocycles. The molecule has 106 valence electrons. The van der Waals surface area contributed by atoms with Crippen molar-refractivity contribution in [1.82, 2.24) is 15.1 Å². The zero-order chi connectivity index (χ0) is 14.8. The minimum absolute atomic E-state index is 0.0928. The van der Waals surface area contributed by atoms with Gasteiger partial charge < -0.3 is 5.32 Å². The molecule has 1 aromatic heterocycles. The molecule has 4 nitrogen and oxygen atoms in total. The van der Waals surface area contributed by atoms with Gasteiger partial charge in [-0.2, -0.15) is 18.3 Å². The average molecular weight is 296 g/mol. The molecule has 0 aliphatic carbocycles. The molecule has 1 rings (SSSR count). The van der Waals surface area contributed by atoms with Crippen molar-refractivity contribution in [2.75, 3.05) is 6.54 Å². The lowest BCUT2D eigenvalue weighted by molar-refractivity contribution is -0.141. The zero-order valence-corrected chi connectivity index (χ0v) is 11.1. The fourth-order valence-corrected chi connectivity index (χ4v) is 1.72. The minimum atomic E-state index is -4.65. The first-order valence-electron chi connectivity index (χ1n) is 5.40. The molecule has 0 saturated carbocycles. The highest BCUT2D eigenvalue weighted by atomic mass is 35.5. The highest BCUT2D eigenvalue weighted by Gasteiger charge is 2.39. The number of rotatable bonds is 4. The maximum atomic E-state index is 12.6. The van der Waals surface area contributed by atoms with Crippen LogP contribution in [0.25, 0.3) is 0 Å². The summed E-state index contributed by atoms with van der Waals surface area (Å²) in [5, 5.41) is 5.38. The summed E-state index contributed by atoms with van der Waals surface area (Å²) in [7, 11) is 0. The Hall–Kier alpha value is -1.50. The summed E-state index contributed by atoms with van der Waals surface area (Å²) in [6.45, 7) is 6.47. The quantitative estimate of drug-likeness (QED) is 0.868. The van der Waals surface area contributed by atoms with Crippen LogP contribution in [0.4, 0.5) is 13.2 Å². The zero-order valence-electron chi connectivity index (χ0n) is 10.4. The van der Waals surface area contributed by atoms with Crippen LogP contribution >= 0.6 is 11.6 Å². The van der Waals surface area contributed by atoms with Crippen molar-refractivity contribution in [1.29, 1.82) is 0 Å². The number of alkyl halides is 3. The topological polar surface area (TPSA) is 46.9 Å². The lowest BCUT2D eigenvalue weighted by atomic mass is 10.3. The van der Waals surface area contributed by atoms with Gasteiger partial charge >= 0.3 is 6.18 Å². The third-order valence-electron chi connectivity index (χ3n) is 2.51. The Morgan fingerprint density at radius 3 is 2.63 bits per heavy atom. The van der Waals surface area contributed by atoms with E-state index >= 15 is 0 Å². The van der Waals surface area contributed by atoms with Crippen LogP contribution in [-0.2, 0) is 11.0 Å². The third-order valence-corrected chi connectivity index (χ3v) is 2.96. The van der Waals surface area contributed by atoms with Gasteiger partial charge in [-0.05, 0) is 13.8 Å². The molecule has 0 bridgehead atoms. The molecule has 0 fully saturated rings. The van der Waals surface area contributed by atoms with Crippen LogP contribution in [0.2, 0.25) is 5.02 Å². The van der Waals surface area contributed by atoms with Gasteiger partial charge in [-0.1, -0.05) is 17.7 Å². The molecule has 0 aromatic carbocycles. The molecule has 1 N–H and O–H groups in total. The molecular weight excluding hydrogens is 283 g/mol. The molecule has 1 unspecified atom stereocenters. The molecular formula is C11H13ClF3N3O. The standard InChI is InChI=1S/C11H13ClF3N3O/c1-4-5-16-10(19)7(3)18-6(2)8(12)9(17-18)11(13,14)15/h4,7H,1,5H2,2-3H3,(H,16,19). The number of carbonyl (C=O) groups excluding carboxylic acids is 1. The molecule has 0 aliphatic heterocycles. The van der Waals surface area contributed by atoms with Gasteiger partial charge in [0.1, 0.15) is 6.04 Å². The molecule has 0 radical (unpaired) electrons. The van der Waals surface area contributed by atoms with Crippen molar-refractivity contribution in [2.24, 2.45) is 0 Å². The second-order valence-corrected chi connectivity index (χ2v) is 4.28. The Labute approximate surface area is 113 Å². The lowest BCUT2D eigenvalue weighted by Crippen LogP contribution is -2.32. The predicted molar refractivity (Wildman–Crippen MR) is 64.9 cm³/mol. The number of hydrogen-bond acceptors (Lipinski definition) is 2. The third kappa shape index (κ3) is 3.28. The fourth-order valence-electron chi connectivity index (χ4n) is 1.49. The first kappa shape index (κ1) is 15.6. The number of nitrogens with zero attached hydrogens (tertiary/aromatic N) is 2. The largest absolute Gasteiger partial charge is 0.436 e. The molecule has 8 heteroatoms. The molecule has 0 spiro atoms. The Bertz CT molecular complexity index is 496. The first-order chi connectivity index (χ1) is 8.70. The van der Waals surface area contributed by atoms with Gasteiger partial charge in [-0.15, -0.1) is 6.58 Å². The second kappa shape index (κ2) is 5.64. The van der Waals surface area contributed by atoms with Gasteiger partial charge in [0.05, 0.1) is 10.7 Å². The van der Waals surface area contributed by atoms with Crippen molar-refractivity contribution in [2.45, 2.75) is 26.1 Å². The van der Waals surface area contributed by atoms with E-state index in [1.54, 1.807) is 0 Å². The van der Waals surface area contributed by atoms with E-state index in [2.05, 4.69) is 17.0 Å². The van der Waals surface area contributed by atoms with Gasteiger partial charge in [0.2, 0.25) is 5.91 Å². The van der Waals surface area contributed by atoms with Gasteiger partial charge in [-0.3, -0.25) is 9.48 Å². The Morgan fingerprint density at radius 2 is 2.21 bits per heavy atom. The Morgan fingerprint density at radius 1 is 1.63 bits per heavy atom. The van der Waals surface area contributed by atoms with Gasteiger partial charge in [0, 0.05) is 6.54 Å². The summed E-state index contributed by atoms with van der Waals surface area (Å²) in [4.78, 5) is 11.7. The SMILES string of the molecule is C=CCNC(=O)C(C)n1nc(C(F)(F)F)c(Cl)c1C. The Kier molecular flexibility index (Phi) is 4.62. The highest BCUT2D eigenvalue weighted by Crippen LogP contribution is 2.36. The van der Waals surface area contributed by atoms with E-state index in [0.29, 0.717) is 0 Å². The summed E-state index contributed by atoms with van der Waals surface area (Å²) in [5.41, 5.74) is -1.09. The normalized spacial score (nSPS) is 13.2. The average Bonchev–Trinajstić information content (AvgIpc) is 2.62. The van der Waals surface area contributed by atoms with Gasteiger partial charge in [-0.25, -0.2) is 0 Å². The molecule has 0 saturated heterocycles. The van der Waals surface area contributed by atoms with Crippen LogP contribution in [-0.4, -0.2) is 22.2 Å². The fraction of sp³-hybridized carbons (Fsp3) is 0.455. The first-order valence-corrected chi connectivity index (χ1v) is 5.78. The smallest absolute Gasteiger partial charge is 0.351 e. The summed E-state index contributed by atoms with van der Waals surface area (Å²) in [6.07, 6.45) is -3.18. The van der Waals surface area contributed by atoms with Crippen LogP contribution in [0.1, 0.15) is 24.4 Å². The molecule has 0 aliphatic rings. The second-order valence-electron chi connectivity index (χ2n) is 3.90. The highest BCUT2D eigenvalue weighted by molar-refractivity contribution is 6.32. The van der Waals surface area contributed by atoms with Crippen molar-refractivity contribution >= 4 is 17.5 Å². The van der Waals surface area contributed by atoms with Crippen LogP contribution in [0.3, 0.4) is 0 Å². The van der Waals surface area contributed by atoms with E-state index < -0.39 is 28.8 Å². The number of nitrogens with one attached hydrogen (secondary N) is 1. The summed E-state index contributed by atoms with van der Waals surface area (Å²) in [6, 6.07) is -0.895. The van der Waals surface area contributed by atoms with Gasteiger partial charge in [0.15, 0.2) is 5.69 Å². The van der Waals surface area contributed by atoms with Crippen molar-refractivity contribution in [3.8, 4) is 0 Å². The van der Waals surface area contributed by atoms with E-state index in [-0.39, 0.29) is 12.2 Å². The molecule has 19 heavy (non-hydrogen) atoms. The lowest BCUT2D eigenvalue weighted by Gasteiger charge is -2.13. The van der Waals surface area contributed by atoms with Crippen molar-refractivity contribution < 1.29 is 18.0 Å². The van der Waals surface area contributed by atoms with E-state index in [9.17, 15) is 18.0 Å². The summed E-state index contributed by atoms with van der Waals surface area (Å²) >= 11 is 5.60. The molecule has 1 atom stereocenters.